The fraction of sp³-hybridized carbons (Fsp3) is 0.381. The highest BCUT2D eigenvalue weighted by molar-refractivity contribution is 5.96. The summed E-state index contributed by atoms with van der Waals surface area (Å²) in [5.41, 5.74) is 2.50. The van der Waals surface area contributed by atoms with E-state index in [0.29, 0.717) is 19.0 Å². The van der Waals surface area contributed by atoms with Gasteiger partial charge in [0.05, 0.1) is 12.1 Å². The highest BCUT2D eigenvalue weighted by atomic mass is 16.5. The van der Waals surface area contributed by atoms with Crippen molar-refractivity contribution in [3.8, 4) is 0 Å². The van der Waals surface area contributed by atoms with E-state index in [1.807, 2.05) is 24.4 Å². The molecule has 0 atom stereocenters. The molecule has 1 fully saturated rings. The van der Waals surface area contributed by atoms with E-state index in [1.54, 1.807) is 25.1 Å². The van der Waals surface area contributed by atoms with Gasteiger partial charge in [0.15, 0.2) is 5.69 Å². The molecule has 3 aromatic heterocycles. The molecule has 1 aliphatic heterocycles. The Morgan fingerprint density at radius 3 is 2.76 bits per heavy atom. The first-order chi connectivity index (χ1) is 14.1. The molecule has 0 aromatic carbocycles. The maximum atomic E-state index is 12.8. The van der Waals surface area contributed by atoms with Crippen molar-refractivity contribution in [3.63, 3.8) is 0 Å². The average Bonchev–Trinajstić information content (AvgIpc) is 3.15. The second-order valence-electron chi connectivity index (χ2n) is 7.13. The molecule has 0 radical (unpaired) electrons. The maximum Gasteiger partial charge on any atom is 0.356 e. The molecule has 0 bridgehead atoms. The minimum absolute atomic E-state index is 0.164. The molecule has 1 aliphatic rings. The molecule has 8 heteroatoms. The number of pyridine rings is 2. The Labute approximate surface area is 168 Å². The van der Waals surface area contributed by atoms with Crippen molar-refractivity contribution in [2.24, 2.45) is 7.05 Å². The van der Waals surface area contributed by atoms with Gasteiger partial charge in [0.2, 0.25) is 0 Å². The van der Waals surface area contributed by atoms with Gasteiger partial charge in [0, 0.05) is 55.6 Å². The van der Waals surface area contributed by atoms with Crippen LogP contribution >= 0.6 is 0 Å². The van der Waals surface area contributed by atoms with Crippen LogP contribution in [0.4, 0.5) is 0 Å². The Bertz CT molecular complexity index is 1050. The lowest BCUT2D eigenvalue weighted by Crippen LogP contribution is -2.38. The zero-order valence-corrected chi connectivity index (χ0v) is 16.5. The van der Waals surface area contributed by atoms with Crippen LogP contribution in [0.25, 0.3) is 10.9 Å². The van der Waals surface area contributed by atoms with Crippen LogP contribution in [0, 0.1) is 0 Å². The molecule has 4 heterocycles. The molecule has 0 N–H and O–H groups in total. The van der Waals surface area contributed by atoms with Crippen LogP contribution in [0.5, 0.6) is 0 Å². The molecule has 1 saturated heterocycles. The summed E-state index contributed by atoms with van der Waals surface area (Å²) < 4.78 is 6.40. The molecule has 8 nitrogen and oxygen atoms in total. The largest absolute Gasteiger partial charge is 0.461 e. The van der Waals surface area contributed by atoms with E-state index in [1.165, 1.54) is 10.7 Å². The lowest BCUT2D eigenvalue weighted by atomic mass is 9.92. The van der Waals surface area contributed by atoms with Crippen LogP contribution < -0.4 is 0 Å². The highest BCUT2D eigenvalue weighted by Crippen LogP contribution is 2.28. The van der Waals surface area contributed by atoms with Crippen LogP contribution in [-0.4, -0.2) is 56.2 Å². The molecule has 3 aromatic rings. The number of aromatic nitrogens is 4. The third-order valence-electron chi connectivity index (χ3n) is 5.29. The third-order valence-corrected chi connectivity index (χ3v) is 5.29. The zero-order valence-electron chi connectivity index (χ0n) is 16.5. The fourth-order valence-corrected chi connectivity index (χ4v) is 3.71. The minimum atomic E-state index is -0.476. The smallest absolute Gasteiger partial charge is 0.356 e. The predicted molar refractivity (Wildman–Crippen MR) is 107 cm³/mol. The van der Waals surface area contributed by atoms with Gasteiger partial charge in [0.25, 0.3) is 5.91 Å². The normalized spacial score (nSPS) is 14.9. The van der Waals surface area contributed by atoms with E-state index in [0.717, 1.165) is 29.4 Å². The van der Waals surface area contributed by atoms with Gasteiger partial charge in [-0.05, 0) is 38.0 Å². The number of aryl methyl sites for hydroxylation is 1. The van der Waals surface area contributed by atoms with Gasteiger partial charge in [-0.2, -0.15) is 5.10 Å². The number of fused-ring (bicyclic) bond motifs is 1. The first kappa shape index (κ1) is 19.0. The lowest BCUT2D eigenvalue weighted by molar-refractivity contribution is 0.0513. The van der Waals surface area contributed by atoms with Crippen molar-refractivity contribution in [2.75, 3.05) is 19.7 Å². The van der Waals surface area contributed by atoms with E-state index in [2.05, 4.69) is 15.1 Å². The van der Waals surface area contributed by atoms with Gasteiger partial charge in [-0.25, -0.2) is 4.79 Å². The van der Waals surface area contributed by atoms with Crippen molar-refractivity contribution < 1.29 is 14.3 Å². The number of carbonyl (C=O) groups excluding carboxylic acids is 2. The van der Waals surface area contributed by atoms with Crippen molar-refractivity contribution in [2.45, 2.75) is 25.7 Å². The maximum absolute atomic E-state index is 12.8. The molecule has 1 amide bonds. The van der Waals surface area contributed by atoms with Crippen molar-refractivity contribution in [1.29, 1.82) is 0 Å². The van der Waals surface area contributed by atoms with Gasteiger partial charge < -0.3 is 9.64 Å². The van der Waals surface area contributed by atoms with Gasteiger partial charge in [-0.1, -0.05) is 0 Å². The highest BCUT2D eigenvalue weighted by Gasteiger charge is 2.28. The monoisotopic (exact) mass is 393 g/mol. The van der Waals surface area contributed by atoms with E-state index in [4.69, 9.17) is 4.74 Å². The predicted octanol–water partition coefficient (Wildman–Crippen LogP) is 2.56. The van der Waals surface area contributed by atoms with Crippen LogP contribution in [0.2, 0.25) is 0 Å². The fourth-order valence-electron chi connectivity index (χ4n) is 3.71. The van der Waals surface area contributed by atoms with E-state index in [9.17, 15) is 9.59 Å². The SMILES string of the molecule is CCOC(=O)c1cc(C(=O)N2CCC(c3cc4ncccc4cn3)CC2)nn1C. The molecule has 0 aliphatic carbocycles. The van der Waals surface area contributed by atoms with Crippen molar-refractivity contribution in [1.82, 2.24) is 24.6 Å². The second-order valence-corrected chi connectivity index (χ2v) is 7.13. The summed E-state index contributed by atoms with van der Waals surface area (Å²) in [6.07, 6.45) is 5.30. The summed E-state index contributed by atoms with van der Waals surface area (Å²) in [6.45, 7) is 3.26. The standard InChI is InChI=1S/C21H23N5O3/c1-3-29-21(28)19-12-18(24-25(19)2)20(27)26-9-6-14(7-10-26)16-11-17-15(13-23-16)5-4-8-22-17/h4-5,8,11-14H,3,6-7,9-10H2,1-2H3. The number of piperidine rings is 1. The number of ether oxygens (including phenoxy) is 1. The van der Waals surface area contributed by atoms with Crippen molar-refractivity contribution in [3.05, 3.63) is 53.7 Å². The molecule has 4 rings (SSSR count). The van der Waals surface area contributed by atoms with Crippen LogP contribution in [0.15, 0.2) is 36.7 Å². The first-order valence-corrected chi connectivity index (χ1v) is 9.78. The number of hydrogen-bond donors (Lipinski definition) is 0. The average molecular weight is 393 g/mol. The Kier molecular flexibility index (Phi) is 5.24. The number of esters is 1. The summed E-state index contributed by atoms with van der Waals surface area (Å²) in [5.74, 6) is -0.344. The molecular weight excluding hydrogens is 370 g/mol. The number of likely N-dealkylation sites (tertiary alicyclic amines) is 1. The van der Waals surface area contributed by atoms with Gasteiger partial charge >= 0.3 is 5.97 Å². The summed E-state index contributed by atoms with van der Waals surface area (Å²) >= 11 is 0. The summed E-state index contributed by atoms with van der Waals surface area (Å²) in [5, 5.41) is 5.23. The quantitative estimate of drug-likeness (QED) is 0.633. The van der Waals surface area contributed by atoms with Gasteiger partial charge in [-0.3, -0.25) is 19.4 Å². The minimum Gasteiger partial charge on any atom is -0.461 e. The Morgan fingerprint density at radius 2 is 2.00 bits per heavy atom. The van der Waals surface area contributed by atoms with Crippen LogP contribution in [-0.2, 0) is 11.8 Å². The molecule has 0 spiro atoms. The Balaban J connectivity index is 1.43. The number of hydrogen-bond acceptors (Lipinski definition) is 6. The third kappa shape index (κ3) is 3.83. The summed E-state index contributed by atoms with van der Waals surface area (Å²) in [6, 6.07) is 7.45. The molecule has 0 saturated carbocycles. The summed E-state index contributed by atoms with van der Waals surface area (Å²) in [7, 11) is 1.63. The number of nitrogens with zero attached hydrogens (tertiary/aromatic N) is 5. The van der Waals surface area contributed by atoms with E-state index < -0.39 is 5.97 Å². The molecular formula is C21H23N5O3. The van der Waals surface area contributed by atoms with E-state index >= 15 is 0 Å². The lowest BCUT2D eigenvalue weighted by Gasteiger charge is -2.31. The number of rotatable bonds is 4. The topological polar surface area (TPSA) is 90.2 Å². The second kappa shape index (κ2) is 7.98. The van der Waals surface area contributed by atoms with Crippen LogP contribution in [0.1, 0.15) is 52.4 Å². The van der Waals surface area contributed by atoms with Gasteiger partial charge in [0.1, 0.15) is 5.69 Å². The molecule has 150 valence electrons. The van der Waals surface area contributed by atoms with Crippen LogP contribution in [0.3, 0.4) is 0 Å². The molecule has 29 heavy (non-hydrogen) atoms. The molecule has 0 unspecified atom stereocenters. The number of amides is 1. The van der Waals surface area contributed by atoms with Crippen molar-refractivity contribution >= 4 is 22.8 Å². The van der Waals surface area contributed by atoms with E-state index in [-0.39, 0.29) is 23.9 Å². The summed E-state index contributed by atoms with van der Waals surface area (Å²) in [4.78, 5) is 35.6. The van der Waals surface area contributed by atoms with Gasteiger partial charge in [-0.15, -0.1) is 0 Å². The zero-order chi connectivity index (χ0) is 20.4. The Hall–Kier alpha value is -3.29. The first-order valence-electron chi connectivity index (χ1n) is 9.78. The Morgan fingerprint density at radius 1 is 1.21 bits per heavy atom. The number of carbonyl (C=O) groups is 2.